The van der Waals surface area contributed by atoms with E-state index in [1.807, 2.05) is 0 Å². The summed E-state index contributed by atoms with van der Waals surface area (Å²) in [5, 5.41) is 3.80. The van der Waals surface area contributed by atoms with Gasteiger partial charge in [0, 0.05) is 16.6 Å². The van der Waals surface area contributed by atoms with Gasteiger partial charge in [-0.1, -0.05) is 59.3 Å². The first-order valence-corrected chi connectivity index (χ1v) is 8.60. The Morgan fingerprint density at radius 2 is 1.95 bits per heavy atom. The third-order valence-electron chi connectivity index (χ3n) is 4.55. The van der Waals surface area contributed by atoms with Crippen LogP contribution in [0, 0.1) is 0 Å². The maximum Gasteiger partial charge on any atom is 0.0331 e. The van der Waals surface area contributed by atoms with Crippen LogP contribution in [0.5, 0.6) is 0 Å². The van der Waals surface area contributed by atoms with Gasteiger partial charge in [0.15, 0.2) is 0 Å². The van der Waals surface area contributed by atoms with E-state index in [9.17, 15) is 0 Å². The first kappa shape index (κ1) is 14.8. The molecule has 2 atom stereocenters. The van der Waals surface area contributed by atoms with Crippen LogP contribution in [-0.4, -0.2) is 0 Å². The molecule has 0 aromatic heterocycles. The third-order valence-corrected chi connectivity index (χ3v) is 5.30. The second kappa shape index (κ2) is 6.33. The number of fused-ring (bicyclic) bond motifs is 1. The lowest BCUT2D eigenvalue weighted by Gasteiger charge is -2.21. The van der Waals surface area contributed by atoms with Crippen LogP contribution < -0.4 is 5.32 Å². The Morgan fingerprint density at radius 1 is 1.19 bits per heavy atom. The summed E-state index contributed by atoms with van der Waals surface area (Å²) in [4.78, 5) is 0. The standard InChI is InChI=1S/C19H22BrN/c1-3-14-7-9-15(10-8-14)13(2)21-19-12-11-16-17(19)5-4-6-18(16)20/h4-10,13,19,21H,3,11-12H2,1-2H3. The number of benzene rings is 2. The fourth-order valence-corrected chi connectivity index (χ4v) is 3.80. The van der Waals surface area contributed by atoms with Crippen molar-refractivity contribution in [1.29, 1.82) is 0 Å². The number of hydrogen-bond acceptors (Lipinski definition) is 1. The van der Waals surface area contributed by atoms with Gasteiger partial charge in [0.05, 0.1) is 0 Å². The monoisotopic (exact) mass is 343 g/mol. The summed E-state index contributed by atoms with van der Waals surface area (Å²) in [7, 11) is 0. The molecule has 0 aliphatic heterocycles. The fraction of sp³-hybridized carbons (Fsp3) is 0.368. The van der Waals surface area contributed by atoms with E-state index < -0.39 is 0 Å². The average molecular weight is 344 g/mol. The zero-order chi connectivity index (χ0) is 14.8. The molecule has 2 heteroatoms. The molecule has 0 saturated heterocycles. The molecule has 0 saturated carbocycles. The van der Waals surface area contributed by atoms with E-state index in [1.54, 1.807) is 0 Å². The average Bonchev–Trinajstić information content (AvgIpc) is 2.92. The summed E-state index contributed by atoms with van der Waals surface area (Å²) in [6.07, 6.45) is 3.46. The summed E-state index contributed by atoms with van der Waals surface area (Å²) >= 11 is 3.67. The zero-order valence-electron chi connectivity index (χ0n) is 12.7. The van der Waals surface area contributed by atoms with Crippen molar-refractivity contribution in [3.63, 3.8) is 0 Å². The van der Waals surface area contributed by atoms with Crippen molar-refractivity contribution in [2.45, 2.75) is 45.2 Å². The first-order valence-electron chi connectivity index (χ1n) is 7.81. The summed E-state index contributed by atoms with van der Waals surface area (Å²) in [6, 6.07) is 16.4. The highest BCUT2D eigenvalue weighted by atomic mass is 79.9. The predicted molar refractivity (Wildman–Crippen MR) is 92.6 cm³/mol. The van der Waals surface area contributed by atoms with Crippen LogP contribution in [-0.2, 0) is 12.8 Å². The van der Waals surface area contributed by atoms with E-state index in [0.717, 1.165) is 12.8 Å². The van der Waals surface area contributed by atoms with Crippen LogP contribution in [0.4, 0.5) is 0 Å². The molecule has 0 amide bonds. The molecule has 2 aromatic rings. The Hall–Kier alpha value is -1.12. The van der Waals surface area contributed by atoms with Crippen LogP contribution >= 0.6 is 15.9 Å². The molecule has 2 aromatic carbocycles. The highest BCUT2D eigenvalue weighted by Gasteiger charge is 2.25. The summed E-state index contributed by atoms with van der Waals surface area (Å²) < 4.78 is 1.25. The topological polar surface area (TPSA) is 12.0 Å². The number of aryl methyl sites for hydroxylation is 1. The Balaban J connectivity index is 1.74. The van der Waals surface area contributed by atoms with Crippen molar-refractivity contribution in [3.05, 3.63) is 69.2 Å². The molecule has 1 aliphatic carbocycles. The van der Waals surface area contributed by atoms with Crippen LogP contribution in [0.3, 0.4) is 0 Å². The maximum atomic E-state index is 3.80. The van der Waals surface area contributed by atoms with Gasteiger partial charge in [0.1, 0.15) is 0 Å². The minimum Gasteiger partial charge on any atom is -0.303 e. The van der Waals surface area contributed by atoms with Gasteiger partial charge >= 0.3 is 0 Å². The van der Waals surface area contributed by atoms with Crippen LogP contribution in [0.1, 0.15) is 54.6 Å². The van der Waals surface area contributed by atoms with Crippen molar-refractivity contribution in [2.75, 3.05) is 0 Å². The molecule has 0 fully saturated rings. The minimum absolute atomic E-state index is 0.380. The Kier molecular flexibility index (Phi) is 4.46. The predicted octanol–water partition coefficient (Wildman–Crippen LogP) is 5.35. The molecular weight excluding hydrogens is 322 g/mol. The highest BCUT2D eigenvalue weighted by Crippen LogP contribution is 2.36. The molecule has 2 unspecified atom stereocenters. The van der Waals surface area contributed by atoms with E-state index in [2.05, 4.69) is 77.6 Å². The summed E-state index contributed by atoms with van der Waals surface area (Å²) in [6.45, 7) is 4.46. The molecule has 1 N–H and O–H groups in total. The van der Waals surface area contributed by atoms with Gasteiger partial charge in [-0.15, -0.1) is 0 Å². The lowest BCUT2D eigenvalue weighted by atomic mass is 10.0. The number of rotatable bonds is 4. The molecule has 0 heterocycles. The highest BCUT2D eigenvalue weighted by molar-refractivity contribution is 9.10. The number of hydrogen-bond donors (Lipinski definition) is 1. The van der Waals surface area contributed by atoms with Crippen molar-refractivity contribution >= 4 is 15.9 Å². The summed E-state index contributed by atoms with van der Waals surface area (Å²) in [5.74, 6) is 0. The Morgan fingerprint density at radius 3 is 2.67 bits per heavy atom. The first-order chi connectivity index (χ1) is 10.2. The van der Waals surface area contributed by atoms with Crippen LogP contribution in [0.2, 0.25) is 0 Å². The normalized spacial score (nSPS) is 18.5. The van der Waals surface area contributed by atoms with Gasteiger partial charge in [-0.05, 0) is 54.5 Å². The van der Waals surface area contributed by atoms with Crippen molar-refractivity contribution in [3.8, 4) is 0 Å². The van der Waals surface area contributed by atoms with Crippen molar-refractivity contribution in [2.24, 2.45) is 0 Å². The molecule has 110 valence electrons. The third kappa shape index (κ3) is 3.07. The molecule has 21 heavy (non-hydrogen) atoms. The number of nitrogens with one attached hydrogen (secondary N) is 1. The van der Waals surface area contributed by atoms with Gasteiger partial charge in [0.2, 0.25) is 0 Å². The van der Waals surface area contributed by atoms with E-state index >= 15 is 0 Å². The molecule has 0 bridgehead atoms. The SMILES string of the molecule is CCc1ccc(C(C)NC2CCc3c(Br)cccc32)cc1. The molecule has 0 spiro atoms. The van der Waals surface area contributed by atoms with Gasteiger partial charge in [-0.25, -0.2) is 0 Å². The number of halogens is 1. The quantitative estimate of drug-likeness (QED) is 0.788. The van der Waals surface area contributed by atoms with E-state index in [1.165, 1.54) is 33.1 Å². The second-order valence-electron chi connectivity index (χ2n) is 5.88. The molecule has 1 aliphatic rings. The van der Waals surface area contributed by atoms with Gasteiger partial charge < -0.3 is 5.32 Å². The van der Waals surface area contributed by atoms with Crippen LogP contribution in [0.15, 0.2) is 46.9 Å². The molecule has 0 radical (unpaired) electrons. The maximum absolute atomic E-state index is 3.80. The lowest BCUT2D eigenvalue weighted by molar-refractivity contribution is 0.465. The Bertz CT molecular complexity index is 618. The van der Waals surface area contributed by atoms with Gasteiger partial charge in [-0.2, -0.15) is 0 Å². The summed E-state index contributed by atoms with van der Waals surface area (Å²) in [5.41, 5.74) is 5.71. The van der Waals surface area contributed by atoms with Crippen LogP contribution in [0.25, 0.3) is 0 Å². The van der Waals surface area contributed by atoms with Crippen molar-refractivity contribution in [1.82, 2.24) is 5.32 Å². The lowest BCUT2D eigenvalue weighted by Crippen LogP contribution is -2.23. The largest absolute Gasteiger partial charge is 0.303 e. The van der Waals surface area contributed by atoms with E-state index in [4.69, 9.17) is 0 Å². The van der Waals surface area contributed by atoms with Gasteiger partial charge in [0.25, 0.3) is 0 Å². The second-order valence-corrected chi connectivity index (χ2v) is 6.74. The zero-order valence-corrected chi connectivity index (χ0v) is 14.3. The molecule has 1 nitrogen and oxygen atoms in total. The minimum atomic E-state index is 0.380. The Labute approximate surface area is 135 Å². The smallest absolute Gasteiger partial charge is 0.0331 e. The van der Waals surface area contributed by atoms with E-state index in [0.29, 0.717) is 12.1 Å². The molecule has 3 rings (SSSR count). The van der Waals surface area contributed by atoms with E-state index in [-0.39, 0.29) is 0 Å². The molecular formula is C19H22BrN. The van der Waals surface area contributed by atoms with Crippen molar-refractivity contribution < 1.29 is 0 Å². The fourth-order valence-electron chi connectivity index (χ4n) is 3.22. The van der Waals surface area contributed by atoms with Gasteiger partial charge in [-0.3, -0.25) is 0 Å².